The van der Waals surface area contributed by atoms with Gasteiger partial charge in [0.05, 0.1) is 0 Å². The minimum atomic E-state index is 0.136. The first-order valence-electron chi connectivity index (χ1n) is 6.41. The number of hydrogen-bond acceptors (Lipinski definition) is 1. The van der Waals surface area contributed by atoms with Gasteiger partial charge in [-0.3, -0.25) is 4.79 Å². The summed E-state index contributed by atoms with van der Waals surface area (Å²) in [6, 6.07) is 18.8. The molecule has 18 heavy (non-hydrogen) atoms. The van der Waals surface area contributed by atoms with Gasteiger partial charge in [0.15, 0.2) is 5.78 Å². The molecule has 0 spiro atoms. The highest BCUT2D eigenvalue weighted by atomic mass is 16.1. The summed E-state index contributed by atoms with van der Waals surface area (Å²) in [5.41, 5.74) is 3.59. The molecule has 90 valence electrons. The maximum absolute atomic E-state index is 11.2. The van der Waals surface area contributed by atoms with Crippen molar-refractivity contribution in [3.8, 4) is 0 Å². The number of carbonyl (C=O) groups is 1. The van der Waals surface area contributed by atoms with Crippen LogP contribution in [0.15, 0.2) is 54.6 Å². The van der Waals surface area contributed by atoms with Crippen molar-refractivity contribution in [3.05, 3.63) is 71.3 Å². The molecule has 0 amide bonds. The van der Waals surface area contributed by atoms with Crippen LogP contribution in [-0.2, 0) is 0 Å². The minimum Gasteiger partial charge on any atom is -0.295 e. The first-order valence-corrected chi connectivity index (χ1v) is 6.41. The third-order valence-electron chi connectivity index (χ3n) is 3.76. The SMILES string of the molecule is CC(=O)c1ccc([C@@H]2C[C@H]2c2ccccc2)cc1. The summed E-state index contributed by atoms with van der Waals surface area (Å²) < 4.78 is 0. The van der Waals surface area contributed by atoms with E-state index in [2.05, 4.69) is 42.5 Å². The lowest BCUT2D eigenvalue weighted by Crippen LogP contribution is -1.92. The van der Waals surface area contributed by atoms with Crippen molar-refractivity contribution in [2.45, 2.75) is 25.2 Å². The molecule has 1 nitrogen and oxygen atoms in total. The summed E-state index contributed by atoms with van der Waals surface area (Å²) in [5.74, 6) is 1.43. The van der Waals surface area contributed by atoms with Gasteiger partial charge in [-0.1, -0.05) is 54.6 Å². The molecular weight excluding hydrogens is 220 g/mol. The van der Waals surface area contributed by atoms with Crippen molar-refractivity contribution >= 4 is 5.78 Å². The molecule has 0 heterocycles. The third-order valence-corrected chi connectivity index (χ3v) is 3.76. The van der Waals surface area contributed by atoms with E-state index in [1.807, 2.05) is 12.1 Å². The monoisotopic (exact) mass is 236 g/mol. The van der Waals surface area contributed by atoms with Gasteiger partial charge in [-0.2, -0.15) is 0 Å². The number of benzene rings is 2. The predicted molar refractivity (Wildman–Crippen MR) is 73.0 cm³/mol. The van der Waals surface area contributed by atoms with Gasteiger partial charge in [0.2, 0.25) is 0 Å². The molecule has 1 aliphatic carbocycles. The average Bonchev–Trinajstić information content (AvgIpc) is 3.20. The van der Waals surface area contributed by atoms with E-state index < -0.39 is 0 Å². The van der Waals surface area contributed by atoms with E-state index in [-0.39, 0.29) is 5.78 Å². The van der Waals surface area contributed by atoms with Gasteiger partial charge in [0.25, 0.3) is 0 Å². The molecule has 0 saturated heterocycles. The van der Waals surface area contributed by atoms with E-state index in [9.17, 15) is 4.79 Å². The van der Waals surface area contributed by atoms with Crippen LogP contribution in [0.5, 0.6) is 0 Å². The van der Waals surface area contributed by atoms with Crippen LogP contribution in [0.1, 0.15) is 46.7 Å². The molecule has 0 aliphatic heterocycles. The second-order valence-electron chi connectivity index (χ2n) is 5.04. The fourth-order valence-corrected chi connectivity index (χ4v) is 2.60. The minimum absolute atomic E-state index is 0.136. The van der Waals surface area contributed by atoms with Crippen molar-refractivity contribution in [1.29, 1.82) is 0 Å². The summed E-state index contributed by atoms with van der Waals surface area (Å²) in [6.07, 6.45) is 1.23. The first kappa shape index (κ1) is 11.2. The largest absolute Gasteiger partial charge is 0.295 e. The van der Waals surface area contributed by atoms with E-state index in [4.69, 9.17) is 0 Å². The smallest absolute Gasteiger partial charge is 0.159 e. The molecular formula is C17H16O. The number of Topliss-reactive ketones (excluding diaryl/α,β-unsaturated/α-hetero) is 1. The number of carbonyl (C=O) groups excluding carboxylic acids is 1. The van der Waals surface area contributed by atoms with Crippen LogP contribution < -0.4 is 0 Å². The van der Waals surface area contributed by atoms with Crippen LogP contribution in [0.4, 0.5) is 0 Å². The van der Waals surface area contributed by atoms with E-state index in [0.717, 1.165) is 5.56 Å². The summed E-state index contributed by atoms with van der Waals surface area (Å²) in [7, 11) is 0. The molecule has 1 heteroatoms. The molecule has 2 atom stereocenters. The Morgan fingerprint density at radius 3 is 2.00 bits per heavy atom. The van der Waals surface area contributed by atoms with Gasteiger partial charge in [0, 0.05) is 5.56 Å². The second-order valence-corrected chi connectivity index (χ2v) is 5.04. The Hall–Kier alpha value is -1.89. The molecule has 3 rings (SSSR count). The average molecular weight is 236 g/mol. The maximum Gasteiger partial charge on any atom is 0.159 e. The van der Waals surface area contributed by atoms with E-state index >= 15 is 0 Å². The Bertz CT molecular complexity index is 554. The lowest BCUT2D eigenvalue weighted by Gasteiger charge is -2.02. The fraction of sp³-hybridized carbons (Fsp3) is 0.235. The van der Waals surface area contributed by atoms with Crippen molar-refractivity contribution < 1.29 is 4.79 Å². The van der Waals surface area contributed by atoms with Gasteiger partial charge in [-0.25, -0.2) is 0 Å². The molecule has 1 aliphatic rings. The molecule has 2 aromatic carbocycles. The highest BCUT2D eigenvalue weighted by Gasteiger charge is 2.39. The lowest BCUT2D eigenvalue weighted by atomic mass is 10.0. The normalized spacial score (nSPS) is 21.6. The molecule has 0 N–H and O–H groups in total. The van der Waals surface area contributed by atoms with Gasteiger partial charge >= 0.3 is 0 Å². The van der Waals surface area contributed by atoms with Crippen molar-refractivity contribution in [3.63, 3.8) is 0 Å². The Kier molecular flexibility index (Phi) is 2.75. The molecule has 0 radical (unpaired) electrons. The molecule has 1 saturated carbocycles. The van der Waals surface area contributed by atoms with Crippen LogP contribution >= 0.6 is 0 Å². The number of hydrogen-bond donors (Lipinski definition) is 0. The summed E-state index contributed by atoms with van der Waals surface area (Å²) in [5, 5.41) is 0. The summed E-state index contributed by atoms with van der Waals surface area (Å²) in [6.45, 7) is 1.61. The van der Waals surface area contributed by atoms with Gasteiger partial charge in [0.1, 0.15) is 0 Å². The topological polar surface area (TPSA) is 17.1 Å². The second kappa shape index (κ2) is 4.41. The Morgan fingerprint density at radius 2 is 1.44 bits per heavy atom. The van der Waals surface area contributed by atoms with Gasteiger partial charge in [-0.05, 0) is 36.3 Å². The fourth-order valence-electron chi connectivity index (χ4n) is 2.60. The standard InChI is InChI=1S/C17H16O/c1-12(18)13-7-9-15(10-8-13)17-11-16(17)14-5-3-2-4-6-14/h2-10,16-17H,11H2,1H3/t16-,17-/m0/s1. The van der Waals surface area contributed by atoms with Crippen LogP contribution in [-0.4, -0.2) is 5.78 Å². The highest BCUT2D eigenvalue weighted by molar-refractivity contribution is 5.94. The molecule has 1 fully saturated rings. The zero-order chi connectivity index (χ0) is 12.5. The van der Waals surface area contributed by atoms with Crippen molar-refractivity contribution in [1.82, 2.24) is 0 Å². The van der Waals surface area contributed by atoms with E-state index in [1.54, 1.807) is 6.92 Å². The zero-order valence-electron chi connectivity index (χ0n) is 10.5. The van der Waals surface area contributed by atoms with Gasteiger partial charge in [-0.15, -0.1) is 0 Å². The van der Waals surface area contributed by atoms with E-state index in [0.29, 0.717) is 11.8 Å². The van der Waals surface area contributed by atoms with Crippen LogP contribution in [0.3, 0.4) is 0 Å². The summed E-state index contributed by atoms with van der Waals surface area (Å²) >= 11 is 0. The first-order chi connectivity index (χ1) is 8.75. The van der Waals surface area contributed by atoms with Crippen molar-refractivity contribution in [2.75, 3.05) is 0 Å². The van der Waals surface area contributed by atoms with Crippen molar-refractivity contribution in [2.24, 2.45) is 0 Å². The quantitative estimate of drug-likeness (QED) is 0.731. The molecule has 2 aromatic rings. The Balaban J connectivity index is 1.77. The number of ketones is 1. The summed E-state index contributed by atoms with van der Waals surface area (Å²) in [4.78, 5) is 11.2. The molecule has 0 unspecified atom stereocenters. The third kappa shape index (κ3) is 2.08. The Morgan fingerprint density at radius 1 is 0.889 bits per heavy atom. The lowest BCUT2D eigenvalue weighted by molar-refractivity contribution is 0.101. The van der Waals surface area contributed by atoms with Gasteiger partial charge < -0.3 is 0 Å². The zero-order valence-corrected chi connectivity index (χ0v) is 10.5. The van der Waals surface area contributed by atoms with E-state index in [1.165, 1.54) is 17.5 Å². The number of rotatable bonds is 3. The molecule has 0 bridgehead atoms. The molecule has 0 aromatic heterocycles. The Labute approximate surface area is 107 Å². The van der Waals surface area contributed by atoms with Crippen LogP contribution in [0.25, 0.3) is 0 Å². The van der Waals surface area contributed by atoms with Crippen LogP contribution in [0.2, 0.25) is 0 Å². The van der Waals surface area contributed by atoms with Crippen LogP contribution in [0, 0.1) is 0 Å². The highest BCUT2D eigenvalue weighted by Crippen LogP contribution is 2.54. The maximum atomic E-state index is 11.2. The predicted octanol–water partition coefficient (Wildman–Crippen LogP) is 4.16.